The zero-order valence-corrected chi connectivity index (χ0v) is 16.7. The van der Waals surface area contributed by atoms with E-state index in [-0.39, 0.29) is 35.2 Å². The quantitative estimate of drug-likeness (QED) is 0.465. The number of carbonyl (C=O) groups is 1. The molecule has 1 saturated carbocycles. The molecule has 2 aliphatic rings. The van der Waals surface area contributed by atoms with Crippen LogP contribution in [0.5, 0.6) is 0 Å². The van der Waals surface area contributed by atoms with Gasteiger partial charge in [-0.3, -0.25) is 4.79 Å². The third-order valence-electron chi connectivity index (χ3n) is 5.29. The van der Waals surface area contributed by atoms with Gasteiger partial charge in [0.15, 0.2) is 15.4 Å². The molecule has 9 heteroatoms. The average Bonchev–Trinajstić information content (AvgIpc) is 3.33. The molecule has 0 unspecified atom stereocenters. The number of thioether (sulfide) groups is 1. The van der Waals surface area contributed by atoms with E-state index in [4.69, 9.17) is 4.42 Å². The predicted molar refractivity (Wildman–Crippen MR) is 107 cm³/mol. The van der Waals surface area contributed by atoms with Crippen molar-refractivity contribution in [2.45, 2.75) is 36.4 Å². The second-order valence-electron chi connectivity index (χ2n) is 7.33. The lowest BCUT2D eigenvalue weighted by Gasteiger charge is -2.28. The highest BCUT2D eigenvalue weighted by Crippen LogP contribution is 2.35. The minimum absolute atomic E-state index is 0.0301. The molecule has 1 aromatic carbocycles. The van der Waals surface area contributed by atoms with Gasteiger partial charge in [0, 0.05) is 17.5 Å². The van der Waals surface area contributed by atoms with Gasteiger partial charge in [0.2, 0.25) is 5.91 Å². The van der Waals surface area contributed by atoms with Crippen LogP contribution in [0.2, 0.25) is 0 Å². The van der Waals surface area contributed by atoms with E-state index < -0.39 is 9.84 Å². The van der Waals surface area contributed by atoms with E-state index >= 15 is 0 Å². The fraction of sp³-hybridized carbons (Fsp3) is 0.421. The van der Waals surface area contributed by atoms with Crippen LogP contribution in [0.15, 0.2) is 40.0 Å². The first-order valence-corrected chi connectivity index (χ1v) is 12.1. The Hall–Kier alpha value is -2.13. The van der Waals surface area contributed by atoms with Crippen LogP contribution in [0.1, 0.15) is 19.3 Å². The standard InChI is InChI=1S/C19H19N3O4S2/c23-16(22(12-5-6-12)13-7-8-28(24,25)10-13)9-27-19-18-17(20-11-21-19)14-3-1-2-4-15(14)26-18/h1-4,11-13H,5-10H2/t13-/m1/s1. The summed E-state index contributed by atoms with van der Waals surface area (Å²) in [7, 11) is -3.03. The zero-order valence-electron chi connectivity index (χ0n) is 15.1. The van der Waals surface area contributed by atoms with Gasteiger partial charge in [-0.05, 0) is 31.4 Å². The van der Waals surface area contributed by atoms with E-state index in [1.807, 2.05) is 29.2 Å². The summed E-state index contributed by atoms with van der Waals surface area (Å²) in [5.74, 6) is 0.432. The molecule has 1 saturated heterocycles. The Bertz CT molecular complexity index is 1170. The number of benzene rings is 1. The average molecular weight is 418 g/mol. The van der Waals surface area contributed by atoms with Crippen molar-refractivity contribution >= 4 is 49.6 Å². The number of sulfone groups is 1. The van der Waals surface area contributed by atoms with Crippen LogP contribution in [-0.4, -0.2) is 58.5 Å². The fourth-order valence-corrected chi connectivity index (χ4v) is 6.37. The van der Waals surface area contributed by atoms with E-state index in [0.717, 1.165) is 29.3 Å². The molecule has 5 rings (SSSR count). The molecule has 1 atom stereocenters. The Morgan fingerprint density at radius 3 is 2.75 bits per heavy atom. The highest BCUT2D eigenvalue weighted by atomic mass is 32.2. The van der Waals surface area contributed by atoms with Crippen LogP contribution >= 0.6 is 11.8 Å². The first kappa shape index (κ1) is 17.9. The summed E-state index contributed by atoms with van der Waals surface area (Å²) >= 11 is 1.32. The molecule has 28 heavy (non-hydrogen) atoms. The van der Waals surface area contributed by atoms with Gasteiger partial charge in [0.05, 0.1) is 17.3 Å². The molecule has 0 spiro atoms. The van der Waals surface area contributed by atoms with E-state index in [9.17, 15) is 13.2 Å². The van der Waals surface area contributed by atoms with E-state index in [2.05, 4.69) is 9.97 Å². The molecule has 1 amide bonds. The summed E-state index contributed by atoms with van der Waals surface area (Å²) in [6.45, 7) is 0. The maximum atomic E-state index is 12.9. The lowest BCUT2D eigenvalue weighted by molar-refractivity contribution is -0.130. The van der Waals surface area contributed by atoms with Gasteiger partial charge in [0.1, 0.15) is 22.5 Å². The Morgan fingerprint density at radius 1 is 1.18 bits per heavy atom. The number of furan rings is 1. The van der Waals surface area contributed by atoms with Gasteiger partial charge in [0.25, 0.3) is 0 Å². The van der Waals surface area contributed by atoms with Crippen molar-refractivity contribution in [2.75, 3.05) is 17.3 Å². The van der Waals surface area contributed by atoms with E-state index in [0.29, 0.717) is 17.0 Å². The molecule has 7 nitrogen and oxygen atoms in total. The molecule has 2 fully saturated rings. The van der Waals surface area contributed by atoms with Crippen LogP contribution in [0.3, 0.4) is 0 Å². The van der Waals surface area contributed by atoms with Crippen molar-refractivity contribution in [3.05, 3.63) is 30.6 Å². The minimum Gasteiger partial charge on any atom is -0.451 e. The Balaban J connectivity index is 1.37. The molecular formula is C19H19N3O4S2. The Labute approximate surface area is 166 Å². The molecular weight excluding hydrogens is 398 g/mol. The number of amides is 1. The smallest absolute Gasteiger partial charge is 0.233 e. The zero-order chi connectivity index (χ0) is 19.3. The number of hydrogen-bond acceptors (Lipinski definition) is 7. The summed E-state index contributed by atoms with van der Waals surface area (Å²) in [6.07, 6.45) is 3.93. The minimum atomic E-state index is -3.03. The summed E-state index contributed by atoms with van der Waals surface area (Å²) in [6, 6.07) is 7.65. The number of carbonyl (C=O) groups excluding carboxylic acids is 1. The van der Waals surface area contributed by atoms with Crippen molar-refractivity contribution in [3.63, 3.8) is 0 Å². The lowest BCUT2D eigenvalue weighted by atomic mass is 10.2. The number of para-hydroxylation sites is 1. The van der Waals surface area contributed by atoms with Crippen molar-refractivity contribution in [1.82, 2.24) is 14.9 Å². The monoisotopic (exact) mass is 417 g/mol. The Kier molecular flexibility index (Phi) is 4.31. The van der Waals surface area contributed by atoms with Crippen molar-refractivity contribution in [2.24, 2.45) is 0 Å². The first-order chi connectivity index (χ1) is 13.5. The van der Waals surface area contributed by atoms with Crippen LogP contribution in [0, 0.1) is 0 Å². The third-order valence-corrected chi connectivity index (χ3v) is 7.99. The molecule has 2 aromatic heterocycles. The second-order valence-corrected chi connectivity index (χ2v) is 10.5. The van der Waals surface area contributed by atoms with Gasteiger partial charge < -0.3 is 9.32 Å². The third kappa shape index (κ3) is 3.26. The highest BCUT2D eigenvalue weighted by Gasteiger charge is 2.42. The van der Waals surface area contributed by atoms with Gasteiger partial charge in [-0.25, -0.2) is 18.4 Å². The largest absolute Gasteiger partial charge is 0.451 e. The van der Waals surface area contributed by atoms with Crippen LogP contribution in [-0.2, 0) is 14.6 Å². The molecule has 0 N–H and O–H groups in total. The normalized spacial score (nSPS) is 21.4. The van der Waals surface area contributed by atoms with E-state index in [1.54, 1.807) is 0 Å². The summed E-state index contributed by atoms with van der Waals surface area (Å²) in [4.78, 5) is 23.4. The van der Waals surface area contributed by atoms with Gasteiger partial charge >= 0.3 is 0 Å². The van der Waals surface area contributed by atoms with E-state index in [1.165, 1.54) is 18.1 Å². The Morgan fingerprint density at radius 2 is 2.00 bits per heavy atom. The number of nitrogens with zero attached hydrogens (tertiary/aromatic N) is 3. The second kappa shape index (κ2) is 6.73. The number of fused-ring (bicyclic) bond motifs is 3. The fourth-order valence-electron chi connectivity index (χ4n) is 3.86. The number of aromatic nitrogens is 2. The summed E-state index contributed by atoms with van der Waals surface area (Å²) < 4.78 is 29.6. The molecule has 0 bridgehead atoms. The van der Waals surface area contributed by atoms with Crippen molar-refractivity contribution in [1.29, 1.82) is 0 Å². The van der Waals surface area contributed by atoms with Crippen molar-refractivity contribution < 1.29 is 17.6 Å². The SMILES string of the molecule is O=C(CSc1ncnc2c1oc1ccccc12)N(C1CC1)[C@@H]1CCS(=O)(=O)C1. The molecule has 1 aliphatic heterocycles. The molecule has 1 aliphatic carbocycles. The molecule has 3 aromatic rings. The predicted octanol–water partition coefficient (Wildman–Crippen LogP) is 2.65. The van der Waals surface area contributed by atoms with Crippen LogP contribution in [0.4, 0.5) is 0 Å². The van der Waals surface area contributed by atoms with Gasteiger partial charge in [-0.15, -0.1) is 0 Å². The molecule has 3 heterocycles. The van der Waals surface area contributed by atoms with Gasteiger partial charge in [-0.1, -0.05) is 23.9 Å². The summed E-state index contributed by atoms with van der Waals surface area (Å²) in [5.41, 5.74) is 2.06. The van der Waals surface area contributed by atoms with Crippen LogP contribution < -0.4 is 0 Å². The van der Waals surface area contributed by atoms with Gasteiger partial charge in [-0.2, -0.15) is 0 Å². The number of hydrogen-bond donors (Lipinski definition) is 0. The first-order valence-electron chi connectivity index (χ1n) is 9.28. The summed E-state index contributed by atoms with van der Waals surface area (Å²) in [5, 5.41) is 1.55. The maximum Gasteiger partial charge on any atom is 0.233 e. The molecule has 146 valence electrons. The topological polar surface area (TPSA) is 93.4 Å². The number of rotatable bonds is 5. The molecule has 0 radical (unpaired) electrons. The highest BCUT2D eigenvalue weighted by molar-refractivity contribution is 8.00. The lowest BCUT2D eigenvalue weighted by Crippen LogP contribution is -2.43. The maximum absolute atomic E-state index is 12.9. The van der Waals surface area contributed by atoms with Crippen molar-refractivity contribution in [3.8, 4) is 0 Å². The van der Waals surface area contributed by atoms with Crippen LogP contribution in [0.25, 0.3) is 22.1 Å².